The van der Waals surface area contributed by atoms with Gasteiger partial charge in [0, 0.05) is 38.2 Å². The van der Waals surface area contributed by atoms with Gasteiger partial charge in [0.2, 0.25) is 0 Å². The molecular formula is C22H21BrCl3NO. The molecule has 0 spiro atoms. The van der Waals surface area contributed by atoms with Crippen molar-refractivity contribution >= 4 is 51.5 Å². The second-order valence-electron chi connectivity index (χ2n) is 6.29. The van der Waals surface area contributed by atoms with Crippen LogP contribution in [-0.4, -0.2) is 0 Å². The maximum Gasteiger partial charge on any atom is 0.124 e. The first-order valence-corrected chi connectivity index (χ1v) is 10.2. The third-order valence-electron chi connectivity index (χ3n) is 4.32. The van der Waals surface area contributed by atoms with Crippen molar-refractivity contribution in [3.8, 4) is 5.75 Å². The molecule has 28 heavy (non-hydrogen) atoms. The van der Waals surface area contributed by atoms with E-state index in [0.717, 1.165) is 21.3 Å². The fourth-order valence-electron chi connectivity index (χ4n) is 2.74. The van der Waals surface area contributed by atoms with E-state index in [1.165, 1.54) is 5.56 Å². The van der Waals surface area contributed by atoms with E-state index in [4.69, 9.17) is 27.9 Å². The SMILES string of the molecule is CC(NCc1cc(Br)ccc1OCc1ccc(Cl)cc1Cl)c1ccccc1.Cl. The van der Waals surface area contributed by atoms with Gasteiger partial charge in [0.05, 0.1) is 0 Å². The Balaban J connectivity index is 0.00000280. The molecule has 3 rings (SSSR count). The van der Waals surface area contributed by atoms with Crippen LogP contribution in [0.5, 0.6) is 5.75 Å². The van der Waals surface area contributed by atoms with Crippen molar-refractivity contribution in [1.82, 2.24) is 5.32 Å². The van der Waals surface area contributed by atoms with E-state index in [9.17, 15) is 0 Å². The molecule has 1 atom stereocenters. The summed E-state index contributed by atoms with van der Waals surface area (Å²) in [6.45, 7) is 3.24. The molecule has 2 nitrogen and oxygen atoms in total. The monoisotopic (exact) mass is 499 g/mol. The standard InChI is InChI=1S/C22H20BrCl2NO.ClH/c1-15(16-5-3-2-4-6-16)26-13-18-11-19(23)8-10-22(18)27-14-17-7-9-20(24)12-21(17)25;/h2-12,15,26H,13-14H2,1H3;1H. The van der Waals surface area contributed by atoms with E-state index in [-0.39, 0.29) is 18.4 Å². The summed E-state index contributed by atoms with van der Waals surface area (Å²) in [4.78, 5) is 0. The quantitative estimate of drug-likeness (QED) is 0.360. The predicted molar refractivity (Wildman–Crippen MR) is 124 cm³/mol. The molecule has 0 bridgehead atoms. The number of rotatable bonds is 7. The number of hydrogen-bond acceptors (Lipinski definition) is 2. The summed E-state index contributed by atoms with van der Waals surface area (Å²) < 4.78 is 7.07. The molecule has 0 saturated carbocycles. The van der Waals surface area contributed by atoms with Crippen LogP contribution in [0.25, 0.3) is 0 Å². The van der Waals surface area contributed by atoms with Crippen molar-refractivity contribution in [2.75, 3.05) is 0 Å². The van der Waals surface area contributed by atoms with Gasteiger partial charge in [-0.2, -0.15) is 0 Å². The lowest BCUT2D eigenvalue weighted by Gasteiger charge is -2.17. The van der Waals surface area contributed by atoms with Crippen LogP contribution in [0.4, 0.5) is 0 Å². The summed E-state index contributed by atoms with van der Waals surface area (Å²) in [5, 5.41) is 4.78. The maximum atomic E-state index is 6.25. The number of ether oxygens (including phenoxy) is 1. The van der Waals surface area contributed by atoms with Gasteiger partial charge >= 0.3 is 0 Å². The van der Waals surface area contributed by atoms with E-state index >= 15 is 0 Å². The minimum absolute atomic E-state index is 0. The van der Waals surface area contributed by atoms with Crippen molar-refractivity contribution in [3.05, 3.63) is 97.9 Å². The molecule has 0 amide bonds. The van der Waals surface area contributed by atoms with Gasteiger partial charge in [0.25, 0.3) is 0 Å². The molecule has 3 aromatic carbocycles. The van der Waals surface area contributed by atoms with Crippen LogP contribution < -0.4 is 10.1 Å². The second-order valence-corrected chi connectivity index (χ2v) is 8.05. The molecule has 0 aliphatic rings. The minimum Gasteiger partial charge on any atom is -0.489 e. The van der Waals surface area contributed by atoms with Crippen LogP contribution in [-0.2, 0) is 13.2 Å². The van der Waals surface area contributed by atoms with Gasteiger partial charge in [-0.1, -0.05) is 75.5 Å². The Hall–Kier alpha value is -1.23. The number of nitrogens with one attached hydrogen (secondary N) is 1. The molecule has 6 heteroatoms. The van der Waals surface area contributed by atoms with Crippen molar-refractivity contribution in [2.45, 2.75) is 26.1 Å². The number of hydrogen-bond donors (Lipinski definition) is 1. The summed E-state index contributed by atoms with van der Waals surface area (Å²) in [7, 11) is 0. The van der Waals surface area contributed by atoms with Gasteiger partial charge in [-0.25, -0.2) is 0 Å². The molecule has 148 valence electrons. The fourth-order valence-corrected chi connectivity index (χ4v) is 3.62. The van der Waals surface area contributed by atoms with Crippen LogP contribution in [0.15, 0.2) is 71.2 Å². The Kier molecular flexibility index (Phi) is 9.13. The highest BCUT2D eigenvalue weighted by Gasteiger charge is 2.10. The fraction of sp³-hybridized carbons (Fsp3) is 0.182. The first-order chi connectivity index (χ1) is 13.0. The summed E-state index contributed by atoms with van der Waals surface area (Å²) >= 11 is 15.8. The summed E-state index contributed by atoms with van der Waals surface area (Å²) in [5.41, 5.74) is 3.24. The minimum atomic E-state index is 0. The lowest BCUT2D eigenvalue weighted by molar-refractivity contribution is 0.301. The number of benzene rings is 3. The molecule has 1 unspecified atom stereocenters. The maximum absolute atomic E-state index is 6.25. The third kappa shape index (κ3) is 6.40. The highest BCUT2D eigenvalue weighted by Crippen LogP contribution is 2.27. The van der Waals surface area contributed by atoms with E-state index < -0.39 is 0 Å². The average Bonchev–Trinajstić information content (AvgIpc) is 2.67. The topological polar surface area (TPSA) is 21.3 Å². The summed E-state index contributed by atoms with van der Waals surface area (Å²) in [5.74, 6) is 0.831. The predicted octanol–water partition coefficient (Wildman–Crippen LogP) is 7.61. The zero-order valence-corrected chi connectivity index (χ0v) is 19.2. The summed E-state index contributed by atoms with van der Waals surface area (Å²) in [6, 6.07) is 22.1. The lowest BCUT2D eigenvalue weighted by Crippen LogP contribution is -2.18. The molecule has 1 N–H and O–H groups in total. The Morgan fingerprint density at radius 1 is 0.964 bits per heavy atom. The van der Waals surface area contributed by atoms with E-state index in [2.05, 4.69) is 58.5 Å². The molecule has 0 heterocycles. The Bertz CT molecular complexity index is 906. The van der Waals surface area contributed by atoms with Crippen LogP contribution in [0, 0.1) is 0 Å². The molecule has 0 aromatic heterocycles. The lowest BCUT2D eigenvalue weighted by atomic mass is 10.1. The van der Waals surface area contributed by atoms with Gasteiger partial charge in [0.1, 0.15) is 12.4 Å². The molecule has 3 aromatic rings. The van der Waals surface area contributed by atoms with Crippen LogP contribution >= 0.6 is 51.5 Å². The van der Waals surface area contributed by atoms with E-state index in [0.29, 0.717) is 23.2 Å². The van der Waals surface area contributed by atoms with E-state index in [1.807, 2.05) is 30.3 Å². The first kappa shape index (κ1) is 23.1. The highest BCUT2D eigenvalue weighted by molar-refractivity contribution is 9.10. The van der Waals surface area contributed by atoms with Gasteiger partial charge in [-0.15, -0.1) is 12.4 Å². The molecule has 0 fully saturated rings. The van der Waals surface area contributed by atoms with Gasteiger partial charge in [-0.3, -0.25) is 0 Å². The van der Waals surface area contributed by atoms with E-state index in [1.54, 1.807) is 6.07 Å². The van der Waals surface area contributed by atoms with Crippen LogP contribution in [0.2, 0.25) is 10.0 Å². The number of halogens is 4. The first-order valence-electron chi connectivity index (χ1n) is 8.66. The molecule has 0 aliphatic carbocycles. The third-order valence-corrected chi connectivity index (χ3v) is 5.40. The van der Waals surface area contributed by atoms with Crippen molar-refractivity contribution in [2.24, 2.45) is 0 Å². The molecule has 0 aliphatic heterocycles. The Labute approximate surface area is 190 Å². The zero-order valence-electron chi connectivity index (χ0n) is 15.3. The normalized spacial score (nSPS) is 11.6. The largest absolute Gasteiger partial charge is 0.489 e. The highest BCUT2D eigenvalue weighted by atomic mass is 79.9. The van der Waals surface area contributed by atoms with Crippen molar-refractivity contribution < 1.29 is 4.74 Å². The second kappa shape index (κ2) is 11.1. The van der Waals surface area contributed by atoms with Crippen LogP contribution in [0.3, 0.4) is 0 Å². The van der Waals surface area contributed by atoms with Gasteiger partial charge < -0.3 is 10.1 Å². The Morgan fingerprint density at radius 3 is 2.43 bits per heavy atom. The van der Waals surface area contributed by atoms with Crippen molar-refractivity contribution in [1.29, 1.82) is 0 Å². The Morgan fingerprint density at radius 2 is 1.71 bits per heavy atom. The van der Waals surface area contributed by atoms with Gasteiger partial charge in [-0.05, 0) is 42.8 Å². The van der Waals surface area contributed by atoms with Crippen molar-refractivity contribution in [3.63, 3.8) is 0 Å². The molecule has 0 radical (unpaired) electrons. The average molecular weight is 502 g/mol. The molecule has 0 saturated heterocycles. The smallest absolute Gasteiger partial charge is 0.124 e. The van der Waals surface area contributed by atoms with Crippen LogP contribution in [0.1, 0.15) is 29.7 Å². The zero-order chi connectivity index (χ0) is 19.2. The summed E-state index contributed by atoms with van der Waals surface area (Å²) in [6.07, 6.45) is 0. The van der Waals surface area contributed by atoms with Gasteiger partial charge in [0.15, 0.2) is 0 Å². The molecular weight excluding hydrogens is 481 g/mol.